The van der Waals surface area contributed by atoms with Gasteiger partial charge in [-0.25, -0.2) is 0 Å². The lowest BCUT2D eigenvalue weighted by molar-refractivity contribution is 0.398. The highest BCUT2D eigenvalue weighted by Crippen LogP contribution is 2.57. The minimum absolute atomic E-state index is 0.0360. The van der Waals surface area contributed by atoms with Crippen molar-refractivity contribution in [1.82, 2.24) is 0 Å². The number of nitrogens with zero attached hydrogens (tertiary/aromatic N) is 1. The lowest BCUT2D eigenvalue weighted by atomic mass is 9.70. The van der Waals surface area contributed by atoms with Crippen molar-refractivity contribution in [3.8, 4) is 55.6 Å². The molecule has 0 amide bonds. The van der Waals surface area contributed by atoms with Crippen LogP contribution in [0.4, 0.5) is 17.1 Å². The zero-order valence-corrected chi connectivity index (χ0v) is 65.3. The number of rotatable bonds is 43. The molecule has 1 nitrogen and oxygen atoms in total. The molecule has 0 aliphatic heterocycles. The molecule has 11 aromatic rings. The first-order chi connectivity index (χ1) is 50.3. The molecule has 0 atom stereocenters. The molecule has 0 saturated heterocycles. The van der Waals surface area contributed by atoms with E-state index in [-0.39, 0.29) is 5.41 Å². The fraction of sp³-hybridized carbons (Fsp3) is 0.434. The van der Waals surface area contributed by atoms with Gasteiger partial charge in [-0.05, 0) is 168 Å². The Morgan fingerprint density at radius 2 is 0.667 bits per heavy atom. The van der Waals surface area contributed by atoms with Gasteiger partial charge in [0.1, 0.15) is 0 Å². The van der Waals surface area contributed by atoms with Gasteiger partial charge < -0.3 is 4.90 Å². The molecule has 1 aliphatic carbocycles. The summed E-state index contributed by atoms with van der Waals surface area (Å²) in [7, 11) is 0. The van der Waals surface area contributed by atoms with E-state index in [9.17, 15) is 0 Å². The second-order valence-corrected chi connectivity index (χ2v) is 32.9. The number of para-hydroxylation sites is 1. The molecule has 3 heteroatoms. The van der Waals surface area contributed by atoms with Gasteiger partial charge in [-0.2, -0.15) is 0 Å². The molecule has 0 bridgehead atoms. The van der Waals surface area contributed by atoms with E-state index >= 15 is 0 Å². The number of unbranched alkanes of at least 4 members (excludes halogenated alkanes) is 28. The summed E-state index contributed by atoms with van der Waals surface area (Å²) in [5.41, 5.74) is 23.2. The Hall–Kier alpha value is -7.04. The number of hydrogen-bond donors (Lipinski definition) is 0. The largest absolute Gasteiger partial charge is 0.311 e. The number of anilines is 3. The molecular formula is C99H121NS2. The standard InChI is InChI=1S/C99H121NS2/c1-7-11-15-19-23-25-27-29-31-44-54-91-94(78-48-38-35-39-49-78)87-71-75(6)93-96(98(87)102-91)86(73-88-95(79-50-40-36-41-51-79)92(101-97(88)93)55-45-32-30-28-26-24-20-16-12-8-2)77-59-64-83(65-60-77)100(81-52-42-37-43-53-81)82-62-57-76(58-63-82)80-61-67-85-84-66-56-74(5)70-89(84)99(90(85)72-80,68-46-33-21-17-13-9-3)69-47-34-22-18-14-10-4/h35-43,48-53,56-67,70-73H,7-34,44-47,54-55,68-69H2,1-6H3. The van der Waals surface area contributed by atoms with E-state index in [1.807, 2.05) is 0 Å². The van der Waals surface area contributed by atoms with E-state index in [4.69, 9.17) is 0 Å². The van der Waals surface area contributed by atoms with Gasteiger partial charge >= 0.3 is 0 Å². The third-order valence-electron chi connectivity index (χ3n) is 23.0. The molecule has 534 valence electrons. The van der Waals surface area contributed by atoms with Crippen LogP contribution in [0.3, 0.4) is 0 Å². The third kappa shape index (κ3) is 18.0. The molecule has 0 saturated carbocycles. The van der Waals surface area contributed by atoms with Crippen LogP contribution in [-0.4, -0.2) is 0 Å². The zero-order chi connectivity index (χ0) is 70.3. The van der Waals surface area contributed by atoms with Crippen LogP contribution in [0.5, 0.6) is 0 Å². The third-order valence-corrected chi connectivity index (χ3v) is 25.6. The van der Waals surface area contributed by atoms with Crippen LogP contribution in [0, 0.1) is 13.8 Å². The normalized spacial score (nSPS) is 12.5. The van der Waals surface area contributed by atoms with E-state index in [1.165, 1.54) is 316 Å². The van der Waals surface area contributed by atoms with Crippen LogP contribution < -0.4 is 4.90 Å². The summed E-state index contributed by atoms with van der Waals surface area (Å²) < 4.78 is 2.90. The number of benzene rings is 9. The van der Waals surface area contributed by atoms with E-state index in [1.54, 1.807) is 20.9 Å². The van der Waals surface area contributed by atoms with Crippen molar-refractivity contribution in [2.45, 2.75) is 278 Å². The quantitative estimate of drug-likeness (QED) is 0.0344. The first kappa shape index (κ1) is 74.7. The van der Waals surface area contributed by atoms with Gasteiger partial charge in [0.05, 0.1) is 0 Å². The lowest BCUT2D eigenvalue weighted by Crippen LogP contribution is -2.25. The maximum absolute atomic E-state index is 2.65. The molecule has 2 aromatic heterocycles. The Bertz CT molecular complexity index is 4320. The van der Waals surface area contributed by atoms with Crippen molar-refractivity contribution < 1.29 is 0 Å². The Morgan fingerprint density at radius 1 is 0.294 bits per heavy atom. The van der Waals surface area contributed by atoms with E-state index in [2.05, 4.69) is 257 Å². The summed E-state index contributed by atoms with van der Waals surface area (Å²) in [6.07, 6.45) is 47.6. The van der Waals surface area contributed by atoms with Gasteiger partial charge in [-0.3, -0.25) is 0 Å². The van der Waals surface area contributed by atoms with Crippen LogP contribution in [-0.2, 0) is 18.3 Å². The number of hydrogen-bond acceptors (Lipinski definition) is 3. The highest BCUT2D eigenvalue weighted by Gasteiger charge is 2.42. The maximum Gasteiger partial charge on any atom is 0.0462 e. The van der Waals surface area contributed by atoms with Crippen LogP contribution in [0.25, 0.3) is 86.6 Å². The number of fused-ring (bicyclic) bond motifs is 8. The smallest absolute Gasteiger partial charge is 0.0462 e. The Balaban J connectivity index is 0.921. The lowest BCUT2D eigenvalue weighted by Gasteiger charge is -2.33. The van der Waals surface area contributed by atoms with Crippen molar-refractivity contribution in [2.75, 3.05) is 4.90 Å². The Kier molecular flexibility index (Phi) is 27.9. The van der Waals surface area contributed by atoms with Gasteiger partial charge in [0.2, 0.25) is 0 Å². The Labute approximate surface area is 625 Å². The van der Waals surface area contributed by atoms with Crippen LogP contribution in [0.2, 0.25) is 0 Å². The molecule has 0 radical (unpaired) electrons. The summed E-state index contributed by atoms with van der Waals surface area (Å²) >= 11 is 4.21. The molecule has 0 unspecified atom stereocenters. The van der Waals surface area contributed by atoms with Gasteiger partial charge in [0.25, 0.3) is 0 Å². The van der Waals surface area contributed by atoms with Gasteiger partial charge in [0.15, 0.2) is 0 Å². The minimum Gasteiger partial charge on any atom is -0.311 e. The molecule has 1 aliphatic rings. The number of aryl methyl sites for hydroxylation is 4. The SMILES string of the molecule is CCCCCCCCCCCCc1sc2c(cc(-c3ccc(N(c4ccccc4)c4ccc(-c5ccc6c(c5)C(CCCCCCCC)(CCCCCCCC)c5cc(C)ccc5-6)cc4)cc3)c3c4sc(CCCCCCCCCCCC)c(-c5ccccc5)c4cc(C)c23)c1-c1ccccc1. The van der Waals surface area contributed by atoms with Crippen molar-refractivity contribution in [3.63, 3.8) is 0 Å². The minimum atomic E-state index is 0.0360. The summed E-state index contributed by atoms with van der Waals surface area (Å²) in [6, 6.07) is 73.4. The predicted molar refractivity (Wildman–Crippen MR) is 454 cm³/mol. The average molecular weight is 1390 g/mol. The molecule has 0 spiro atoms. The summed E-state index contributed by atoms with van der Waals surface area (Å²) in [4.78, 5) is 5.56. The van der Waals surface area contributed by atoms with Crippen LogP contribution in [0.15, 0.2) is 188 Å². The van der Waals surface area contributed by atoms with Crippen LogP contribution in [0.1, 0.15) is 278 Å². The highest BCUT2D eigenvalue weighted by molar-refractivity contribution is 7.22. The monoisotopic (exact) mass is 1390 g/mol. The van der Waals surface area contributed by atoms with Crippen molar-refractivity contribution >= 4 is 70.7 Å². The second-order valence-electron chi connectivity index (χ2n) is 30.7. The molecule has 102 heavy (non-hydrogen) atoms. The fourth-order valence-corrected chi connectivity index (χ4v) is 20.3. The summed E-state index contributed by atoms with van der Waals surface area (Å²) in [6.45, 7) is 14.1. The van der Waals surface area contributed by atoms with Crippen LogP contribution >= 0.6 is 22.7 Å². The van der Waals surface area contributed by atoms with Gasteiger partial charge in [-0.15, -0.1) is 22.7 Å². The van der Waals surface area contributed by atoms with E-state index in [0.717, 1.165) is 29.9 Å². The van der Waals surface area contributed by atoms with E-state index in [0.29, 0.717) is 0 Å². The predicted octanol–water partition coefficient (Wildman–Crippen LogP) is 32.7. The molecule has 12 rings (SSSR count). The molecule has 2 heterocycles. The maximum atomic E-state index is 2.65. The fourth-order valence-electron chi connectivity index (χ4n) is 17.5. The first-order valence-corrected chi connectivity index (χ1v) is 42.9. The number of thiophene rings is 2. The highest BCUT2D eigenvalue weighted by atomic mass is 32.1. The summed E-state index contributed by atoms with van der Waals surface area (Å²) in [5, 5.41) is 5.69. The molecule has 0 fully saturated rings. The van der Waals surface area contributed by atoms with Crippen molar-refractivity contribution in [1.29, 1.82) is 0 Å². The zero-order valence-electron chi connectivity index (χ0n) is 63.6. The average Bonchev–Trinajstić information content (AvgIpc) is 1.54. The first-order valence-electron chi connectivity index (χ1n) is 41.2. The summed E-state index contributed by atoms with van der Waals surface area (Å²) in [5.74, 6) is 0. The molecule has 9 aromatic carbocycles. The van der Waals surface area contributed by atoms with Gasteiger partial charge in [0, 0.05) is 74.3 Å². The topological polar surface area (TPSA) is 3.24 Å². The van der Waals surface area contributed by atoms with Crippen molar-refractivity contribution in [3.05, 3.63) is 220 Å². The van der Waals surface area contributed by atoms with E-state index < -0.39 is 0 Å². The second kappa shape index (κ2) is 38.1. The molecular weight excluding hydrogens is 1270 g/mol. The van der Waals surface area contributed by atoms with Crippen molar-refractivity contribution in [2.24, 2.45) is 0 Å². The van der Waals surface area contributed by atoms with Gasteiger partial charge in [-0.1, -0.05) is 359 Å². The molecule has 0 N–H and O–H groups in total. The Morgan fingerprint density at radius 3 is 1.14 bits per heavy atom.